The summed E-state index contributed by atoms with van der Waals surface area (Å²) in [6.45, 7) is 0. The maximum Gasteiger partial charge on any atom is 0.253 e. The number of nitrogens with two attached hydrogens (primary N) is 1. The first kappa shape index (κ1) is 14.8. The topological polar surface area (TPSA) is 75.4 Å². The molecule has 0 bridgehead atoms. The summed E-state index contributed by atoms with van der Waals surface area (Å²) >= 11 is 0. The van der Waals surface area contributed by atoms with Crippen LogP contribution in [0.25, 0.3) is 0 Å². The van der Waals surface area contributed by atoms with Crippen molar-refractivity contribution >= 4 is 28.1 Å². The minimum absolute atomic E-state index is 0.0437. The molecule has 0 atom stereocenters. The van der Waals surface area contributed by atoms with Gasteiger partial charge in [-0.2, -0.15) is 0 Å². The second kappa shape index (κ2) is 6.26. The minimum Gasteiger partial charge on any atom is -0.397 e. The first-order valence-electron chi connectivity index (χ1n) is 6.70. The molecule has 0 aliphatic carbocycles. The van der Waals surface area contributed by atoms with Gasteiger partial charge in [0.05, 0.1) is 11.4 Å². The molecule has 0 aromatic heterocycles. The second-order valence-corrected chi connectivity index (χ2v) is 6.96. The van der Waals surface area contributed by atoms with Gasteiger partial charge in [0.2, 0.25) is 0 Å². The zero-order chi connectivity index (χ0) is 14.7. The Bertz CT molecular complexity index is 521. The molecule has 110 valence electrons. The number of anilines is 2. The van der Waals surface area contributed by atoms with Crippen LogP contribution in [0.15, 0.2) is 18.2 Å². The van der Waals surface area contributed by atoms with Crippen LogP contribution < -0.4 is 11.1 Å². The summed E-state index contributed by atoms with van der Waals surface area (Å²) in [6, 6.07) is 5.56. The van der Waals surface area contributed by atoms with Crippen LogP contribution in [0.2, 0.25) is 0 Å². The number of nitrogen functional groups attached to an aromatic ring is 1. The molecule has 6 heteroatoms. The largest absolute Gasteiger partial charge is 0.397 e. The lowest BCUT2D eigenvalue weighted by molar-refractivity contribution is 0.0827. The highest BCUT2D eigenvalue weighted by molar-refractivity contribution is 7.85. The van der Waals surface area contributed by atoms with Crippen molar-refractivity contribution in [2.75, 3.05) is 36.7 Å². The third-order valence-electron chi connectivity index (χ3n) is 3.45. The van der Waals surface area contributed by atoms with Gasteiger partial charge in [0, 0.05) is 48.0 Å². The molecule has 1 aromatic rings. The Morgan fingerprint density at radius 1 is 1.35 bits per heavy atom. The predicted octanol–water partition coefficient (Wildman–Crippen LogP) is 1.29. The quantitative estimate of drug-likeness (QED) is 0.824. The number of carbonyl (C=O) groups is 1. The molecule has 1 heterocycles. The SMILES string of the molecule is CN(C)C(=O)c1ccc(N)c(NC2CCS(=O)CC2)c1. The van der Waals surface area contributed by atoms with Gasteiger partial charge in [-0.1, -0.05) is 0 Å². The van der Waals surface area contributed by atoms with Crippen molar-refractivity contribution in [2.45, 2.75) is 18.9 Å². The average Bonchev–Trinajstić information content (AvgIpc) is 2.43. The molecule has 2 rings (SSSR count). The van der Waals surface area contributed by atoms with Crippen LogP contribution in [0.3, 0.4) is 0 Å². The maximum absolute atomic E-state index is 12.0. The van der Waals surface area contributed by atoms with Gasteiger partial charge in [-0.25, -0.2) is 0 Å². The third kappa shape index (κ3) is 3.50. The molecular formula is C14H21N3O2S. The normalized spacial score (nSPS) is 22.3. The molecule has 1 fully saturated rings. The summed E-state index contributed by atoms with van der Waals surface area (Å²) in [5.74, 6) is 1.42. The van der Waals surface area contributed by atoms with E-state index in [1.54, 1.807) is 37.2 Å². The zero-order valence-electron chi connectivity index (χ0n) is 11.9. The highest BCUT2D eigenvalue weighted by Crippen LogP contribution is 2.24. The van der Waals surface area contributed by atoms with Gasteiger partial charge >= 0.3 is 0 Å². The van der Waals surface area contributed by atoms with E-state index < -0.39 is 10.8 Å². The first-order chi connectivity index (χ1) is 9.47. The van der Waals surface area contributed by atoms with Crippen LogP contribution >= 0.6 is 0 Å². The summed E-state index contributed by atoms with van der Waals surface area (Å²) in [5, 5.41) is 3.37. The molecule has 1 aliphatic heterocycles. The van der Waals surface area contributed by atoms with Gasteiger partial charge in [-0.05, 0) is 31.0 Å². The number of rotatable bonds is 3. The Kier molecular flexibility index (Phi) is 4.65. The number of benzene rings is 1. The van der Waals surface area contributed by atoms with Crippen LogP contribution in [0.4, 0.5) is 11.4 Å². The summed E-state index contributed by atoms with van der Waals surface area (Å²) in [4.78, 5) is 13.5. The van der Waals surface area contributed by atoms with Crippen molar-refractivity contribution in [3.05, 3.63) is 23.8 Å². The van der Waals surface area contributed by atoms with Crippen molar-refractivity contribution in [1.29, 1.82) is 0 Å². The molecular weight excluding hydrogens is 274 g/mol. The third-order valence-corrected chi connectivity index (χ3v) is 4.84. The molecule has 5 nitrogen and oxygen atoms in total. The van der Waals surface area contributed by atoms with Gasteiger partial charge in [-0.15, -0.1) is 0 Å². The molecule has 0 spiro atoms. The lowest BCUT2D eigenvalue weighted by atomic mass is 10.1. The summed E-state index contributed by atoms with van der Waals surface area (Å²) < 4.78 is 11.4. The van der Waals surface area contributed by atoms with E-state index in [0.717, 1.165) is 30.0 Å². The Morgan fingerprint density at radius 3 is 2.60 bits per heavy atom. The minimum atomic E-state index is -0.674. The highest BCUT2D eigenvalue weighted by atomic mass is 32.2. The fourth-order valence-electron chi connectivity index (χ4n) is 2.23. The van der Waals surface area contributed by atoms with E-state index in [9.17, 15) is 9.00 Å². The van der Waals surface area contributed by atoms with E-state index in [-0.39, 0.29) is 11.9 Å². The number of carbonyl (C=O) groups excluding carboxylic acids is 1. The summed E-state index contributed by atoms with van der Waals surface area (Å²) in [6.07, 6.45) is 1.75. The van der Waals surface area contributed by atoms with E-state index in [4.69, 9.17) is 5.73 Å². The molecule has 1 amide bonds. The van der Waals surface area contributed by atoms with Crippen LogP contribution in [0.5, 0.6) is 0 Å². The van der Waals surface area contributed by atoms with E-state index >= 15 is 0 Å². The molecule has 1 aliphatic rings. The monoisotopic (exact) mass is 295 g/mol. The van der Waals surface area contributed by atoms with Gasteiger partial charge < -0.3 is 16.0 Å². The van der Waals surface area contributed by atoms with Crippen LogP contribution in [0, 0.1) is 0 Å². The van der Waals surface area contributed by atoms with Gasteiger partial charge in [0.25, 0.3) is 5.91 Å². The van der Waals surface area contributed by atoms with E-state index in [0.29, 0.717) is 11.3 Å². The van der Waals surface area contributed by atoms with E-state index in [1.807, 2.05) is 0 Å². The Morgan fingerprint density at radius 2 is 2.00 bits per heavy atom. The number of amides is 1. The van der Waals surface area contributed by atoms with E-state index in [2.05, 4.69) is 5.32 Å². The number of nitrogens with zero attached hydrogens (tertiary/aromatic N) is 1. The summed E-state index contributed by atoms with van der Waals surface area (Å²) in [5.41, 5.74) is 8.00. The standard InChI is InChI=1S/C14H21N3O2S/c1-17(2)14(18)10-3-4-12(15)13(9-10)16-11-5-7-20(19)8-6-11/h3-4,9,11,16H,5-8,15H2,1-2H3. The van der Waals surface area contributed by atoms with Crippen LogP contribution in [-0.2, 0) is 10.8 Å². The zero-order valence-corrected chi connectivity index (χ0v) is 12.7. The molecule has 20 heavy (non-hydrogen) atoms. The van der Waals surface area contributed by atoms with E-state index in [1.165, 1.54) is 0 Å². The second-order valence-electron chi connectivity index (χ2n) is 5.27. The fraction of sp³-hybridized carbons (Fsp3) is 0.500. The van der Waals surface area contributed by atoms with Crippen LogP contribution in [-0.4, -0.2) is 46.7 Å². The Hall–Kier alpha value is -1.56. The number of hydrogen-bond acceptors (Lipinski definition) is 4. The first-order valence-corrected chi connectivity index (χ1v) is 8.19. The Balaban J connectivity index is 2.12. The highest BCUT2D eigenvalue weighted by Gasteiger charge is 2.19. The average molecular weight is 295 g/mol. The predicted molar refractivity (Wildman–Crippen MR) is 83.4 cm³/mol. The molecule has 1 aromatic carbocycles. The number of nitrogens with one attached hydrogen (secondary N) is 1. The summed E-state index contributed by atoms with van der Waals surface area (Å²) in [7, 11) is 2.77. The number of hydrogen-bond donors (Lipinski definition) is 2. The van der Waals surface area contributed by atoms with Crippen molar-refractivity contribution in [3.8, 4) is 0 Å². The maximum atomic E-state index is 12.0. The van der Waals surface area contributed by atoms with Crippen molar-refractivity contribution in [3.63, 3.8) is 0 Å². The fourth-order valence-corrected chi connectivity index (χ4v) is 3.53. The van der Waals surface area contributed by atoms with Crippen LogP contribution in [0.1, 0.15) is 23.2 Å². The lowest BCUT2D eigenvalue weighted by Crippen LogP contribution is -2.30. The van der Waals surface area contributed by atoms with Crippen molar-refractivity contribution in [1.82, 2.24) is 4.90 Å². The molecule has 0 unspecified atom stereocenters. The molecule has 0 saturated carbocycles. The molecule has 1 saturated heterocycles. The lowest BCUT2D eigenvalue weighted by Gasteiger charge is -2.24. The molecule has 3 N–H and O–H groups in total. The van der Waals surface area contributed by atoms with Gasteiger partial charge in [0.15, 0.2) is 0 Å². The van der Waals surface area contributed by atoms with Crippen molar-refractivity contribution < 1.29 is 9.00 Å². The molecule has 0 radical (unpaired) electrons. The van der Waals surface area contributed by atoms with Gasteiger partial charge in [-0.3, -0.25) is 9.00 Å². The smallest absolute Gasteiger partial charge is 0.253 e. The van der Waals surface area contributed by atoms with Crippen molar-refractivity contribution in [2.24, 2.45) is 0 Å². The Labute approximate surface area is 122 Å². The van der Waals surface area contributed by atoms with Gasteiger partial charge in [0.1, 0.15) is 0 Å².